The van der Waals surface area contributed by atoms with Crippen LogP contribution in [0.25, 0.3) is 22.0 Å². The molecule has 0 radical (unpaired) electrons. The Hall–Kier alpha value is -2.90. The molecule has 1 aliphatic rings. The summed E-state index contributed by atoms with van der Waals surface area (Å²) < 4.78 is 0.548. The van der Waals surface area contributed by atoms with Gasteiger partial charge in [-0.05, 0) is 31.0 Å². The van der Waals surface area contributed by atoms with Crippen LogP contribution < -0.4 is 15.8 Å². The molecule has 2 N–H and O–H groups in total. The molecule has 164 valence electrons. The Morgan fingerprint density at radius 3 is 2.59 bits per heavy atom. The molecule has 5 rings (SSSR count). The standard InChI is InChI=1S/C24H24ClN5OS/c25-24-27-15-17(32-24)14-26-20-13-16(9-10-21(20)30-11-5-1-2-6-12-30)22-18-7-3-4-8-19(18)23(31)29-28-22/h3-4,7-10,13,15,26H,1-2,5-6,11-12,14H2,(H,29,31). The first-order valence-electron chi connectivity index (χ1n) is 10.9. The molecular weight excluding hydrogens is 442 g/mol. The van der Waals surface area contributed by atoms with Crippen molar-refractivity contribution in [3.8, 4) is 11.3 Å². The number of H-pyrrole nitrogens is 1. The lowest BCUT2D eigenvalue weighted by Crippen LogP contribution is -2.25. The van der Waals surface area contributed by atoms with E-state index in [0.717, 1.165) is 40.3 Å². The van der Waals surface area contributed by atoms with Gasteiger partial charge in [-0.2, -0.15) is 5.10 Å². The van der Waals surface area contributed by atoms with E-state index in [0.29, 0.717) is 16.4 Å². The molecule has 0 spiro atoms. The van der Waals surface area contributed by atoms with Gasteiger partial charge in [-0.25, -0.2) is 10.1 Å². The van der Waals surface area contributed by atoms with Gasteiger partial charge in [0.05, 0.1) is 29.0 Å². The molecular formula is C24H24ClN5OS. The van der Waals surface area contributed by atoms with Crippen LogP contribution in [0.2, 0.25) is 4.47 Å². The summed E-state index contributed by atoms with van der Waals surface area (Å²) in [6.07, 6.45) is 6.79. The monoisotopic (exact) mass is 465 g/mol. The number of anilines is 2. The second-order valence-electron chi connectivity index (χ2n) is 8.01. The lowest BCUT2D eigenvalue weighted by atomic mass is 10.0. The molecule has 3 heterocycles. The van der Waals surface area contributed by atoms with Crippen LogP contribution in [-0.4, -0.2) is 28.3 Å². The van der Waals surface area contributed by atoms with Gasteiger partial charge < -0.3 is 10.2 Å². The van der Waals surface area contributed by atoms with Crippen molar-refractivity contribution in [3.63, 3.8) is 0 Å². The fourth-order valence-electron chi connectivity index (χ4n) is 4.29. The van der Waals surface area contributed by atoms with Gasteiger partial charge in [0.2, 0.25) is 0 Å². The van der Waals surface area contributed by atoms with E-state index >= 15 is 0 Å². The van der Waals surface area contributed by atoms with E-state index in [4.69, 9.17) is 11.6 Å². The number of halogens is 1. The van der Waals surface area contributed by atoms with Crippen LogP contribution in [-0.2, 0) is 6.54 Å². The Balaban J connectivity index is 1.56. The largest absolute Gasteiger partial charge is 0.378 e. The maximum absolute atomic E-state index is 12.2. The molecule has 6 nitrogen and oxygen atoms in total. The van der Waals surface area contributed by atoms with Crippen LogP contribution >= 0.6 is 22.9 Å². The second kappa shape index (κ2) is 9.30. The van der Waals surface area contributed by atoms with E-state index in [-0.39, 0.29) is 5.56 Å². The Kier molecular flexibility index (Phi) is 6.10. The van der Waals surface area contributed by atoms with E-state index in [1.807, 2.05) is 30.5 Å². The van der Waals surface area contributed by atoms with Gasteiger partial charge in [0, 0.05) is 35.1 Å². The molecule has 1 aliphatic heterocycles. The van der Waals surface area contributed by atoms with E-state index in [1.54, 1.807) is 0 Å². The normalized spacial score (nSPS) is 14.5. The number of hydrogen-bond donors (Lipinski definition) is 2. The number of aromatic nitrogens is 3. The highest BCUT2D eigenvalue weighted by Crippen LogP contribution is 2.34. The third-order valence-corrected chi connectivity index (χ3v) is 7.01. The molecule has 0 saturated carbocycles. The SMILES string of the molecule is O=c1[nH]nc(-c2ccc(N3CCCCCC3)c(NCc3cnc(Cl)s3)c2)c2ccccc12. The summed E-state index contributed by atoms with van der Waals surface area (Å²) in [4.78, 5) is 19.9. The van der Waals surface area contributed by atoms with Crippen LogP contribution in [0, 0.1) is 0 Å². The van der Waals surface area contributed by atoms with E-state index in [2.05, 4.69) is 43.6 Å². The zero-order valence-corrected chi connectivity index (χ0v) is 19.2. The minimum Gasteiger partial charge on any atom is -0.378 e. The number of rotatable bonds is 5. The van der Waals surface area contributed by atoms with Crippen molar-refractivity contribution >= 4 is 45.1 Å². The van der Waals surface area contributed by atoms with Gasteiger partial charge in [-0.3, -0.25) is 4.79 Å². The number of nitrogens with one attached hydrogen (secondary N) is 2. The molecule has 32 heavy (non-hydrogen) atoms. The second-order valence-corrected chi connectivity index (χ2v) is 9.71. The molecule has 4 aromatic rings. The lowest BCUT2D eigenvalue weighted by molar-refractivity contribution is 0.726. The summed E-state index contributed by atoms with van der Waals surface area (Å²) >= 11 is 7.50. The first-order valence-corrected chi connectivity index (χ1v) is 12.1. The highest BCUT2D eigenvalue weighted by atomic mass is 35.5. The molecule has 2 aromatic carbocycles. The van der Waals surface area contributed by atoms with E-state index in [9.17, 15) is 4.79 Å². The molecule has 0 aliphatic carbocycles. The average molecular weight is 466 g/mol. The summed E-state index contributed by atoms with van der Waals surface area (Å²) in [6, 6.07) is 14.0. The topological polar surface area (TPSA) is 73.9 Å². The van der Waals surface area contributed by atoms with Crippen LogP contribution in [0.4, 0.5) is 11.4 Å². The van der Waals surface area contributed by atoms with Gasteiger partial charge in [-0.1, -0.05) is 48.7 Å². The maximum atomic E-state index is 12.2. The highest BCUT2D eigenvalue weighted by molar-refractivity contribution is 7.15. The third-order valence-electron chi connectivity index (χ3n) is 5.89. The molecule has 8 heteroatoms. The van der Waals surface area contributed by atoms with Gasteiger partial charge in [0.15, 0.2) is 4.47 Å². The molecule has 0 atom stereocenters. The Labute approximate surface area is 195 Å². The number of thiazole rings is 1. The molecule has 0 unspecified atom stereocenters. The molecule has 1 saturated heterocycles. The van der Waals surface area contributed by atoms with Gasteiger partial charge in [0.1, 0.15) is 0 Å². The van der Waals surface area contributed by atoms with Gasteiger partial charge in [-0.15, -0.1) is 11.3 Å². The zero-order chi connectivity index (χ0) is 21.9. The summed E-state index contributed by atoms with van der Waals surface area (Å²) in [5.74, 6) is 0. The minimum absolute atomic E-state index is 0.175. The Bertz CT molecular complexity index is 1290. The molecule has 2 aromatic heterocycles. The number of hydrogen-bond acceptors (Lipinski definition) is 6. The number of fused-ring (bicyclic) bond motifs is 1. The van der Waals surface area contributed by atoms with Crippen LogP contribution in [0.15, 0.2) is 53.5 Å². The summed E-state index contributed by atoms with van der Waals surface area (Å²) in [7, 11) is 0. The maximum Gasteiger partial charge on any atom is 0.272 e. The number of aromatic amines is 1. The first kappa shape index (κ1) is 21.0. The first-order chi connectivity index (χ1) is 15.7. The van der Waals surface area contributed by atoms with Crippen molar-refractivity contribution < 1.29 is 0 Å². The summed E-state index contributed by atoms with van der Waals surface area (Å²) in [6.45, 7) is 2.76. The van der Waals surface area contributed by atoms with Crippen molar-refractivity contribution in [2.45, 2.75) is 32.2 Å². The zero-order valence-electron chi connectivity index (χ0n) is 17.6. The minimum atomic E-state index is -0.175. The van der Waals surface area contributed by atoms with Crippen LogP contribution in [0.1, 0.15) is 30.6 Å². The summed E-state index contributed by atoms with van der Waals surface area (Å²) in [5, 5.41) is 12.1. The fourth-order valence-corrected chi connectivity index (χ4v) is 5.21. The number of nitrogens with zero attached hydrogens (tertiary/aromatic N) is 3. The van der Waals surface area contributed by atoms with Crippen molar-refractivity contribution in [1.29, 1.82) is 0 Å². The van der Waals surface area contributed by atoms with Crippen LogP contribution in [0.3, 0.4) is 0 Å². The molecule has 0 amide bonds. The molecule has 0 bridgehead atoms. The van der Waals surface area contributed by atoms with E-state index in [1.165, 1.54) is 42.7 Å². The van der Waals surface area contributed by atoms with Gasteiger partial charge >= 0.3 is 0 Å². The van der Waals surface area contributed by atoms with Crippen molar-refractivity contribution in [1.82, 2.24) is 15.2 Å². The summed E-state index contributed by atoms with van der Waals surface area (Å²) in [5.41, 5.74) is 3.80. The van der Waals surface area contributed by atoms with Crippen molar-refractivity contribution in [3.05, 3.63) is 68.4 Å². The van der Waals surface area contributed by atoms with Gasteiger partial charge in [0.25, 0.3) is 5.56 Å². The highest BCUT2D eigenvalue weighted by Gasteiger charge is 2.17. The van der Waals surface area contributed by atoms with Crippen molar-refractivity contribution in [2.75, 3.05) is 23.3 Å². The lowest BCUT2D eigenvalue weighted by Gasteiger charge is -2.26. The fraction of sp³-hybridized carbons (Fsp3) is 0.292. The average Bonchev–Trinajstić information content (AvgIpc) is 3.06. The number of benzene rings is 2. The van der Waals surface area contributed by atoms with Crippen LogP contribution in [0.5, 0.6) is 0 Å². The smallest absolute Gasteiger partial charge is 0.272 e. The molecule has 1 fully saturated rings. The Morgan fingerprint density at radius 2 is 1.84 bits per heavy atom. The third kappa shape index (κ3) is 4.36. The van der Waals surface area contributed by atoms with Crippen molar-refractivity contribution in [2.24, 2.45) is 0 Å². The Morgan fingerprint density at radius 1 is 1.06 bits per heavy atom. The van der Waals surface area contributed by atoms with E-state index < -0.39 is 0 Å². The predicted molar refractivity (Wildman–Crippen MR) is 133 cm³/mol. The quantitative estimate of drug-likeness (QED) is 0.396. The predicted octanol–water partition coefficient (Wildman–Crippen LogP) is 5.69.